The lowest BCUT2D eigenvalue weighted by Gasteiger charge is -2.03. The standard InChI is InChI=1S/C14H22FN5.ClH/c1-4-6-19-9-13(11(2)17-19)8-16-14-10-20(7-5-15)18-12(14)3;/h9-10,16H,4-8H2,1-3H3;1H. The van der Waals surface area contributed by atoms with E-state index in [0.29, 0.717) is 13.1 Å². The Kier molecular flexibility index (Phi) is 6.68. The third kappa shape index (κ3) is 4.46. The number of nitrogens with one attached hydrogen (secondary N) is 1. The number of aryl methyl sites for hydroxylation is 4. The molecule has 0 aliphatic rings. The van der Waals surface area contributed by atoms with E-state index in [2.05, 4.69) is 28.6 Å². The van der Waals surface area contributed by atoms with Crippen molar-refractivity contribution in [2.24, 2.45) is 0 Å². The molecule has 21 heavy (non-hydrogen) atoms. The maximum atomic E-state index is 12.3. The molecule has 0 saturated heterocycles. The van der Waals surface area contributed by atoms with E-state index in [0.717, 1.165) is 30.0 Å². The fourth-order valence-corrected chi connectivity index (χ4v) is 2.16. The summed E-state index contributed by atoms with van der Waals surface area (Å²) in [5.41, 5.74) is 4.05. The van der Waals surface area contributed by atoms with Crippen LogP contribution in [0.2, 0.25) is 0 Å². The molecule has 0 aromatic carbocycles. The predicted molar refractivity (Wildman–Crippen MR) is 84.8 cm³/mol. The van der Waals surface area contributed by atoms with E-state index in [1.54, 1.807) is 4.68 Å². The van der Waals surface area contributed by atoms with Crippen molar-refractivity contribution in [3.8, 4) is 0 Å². The quantitative estimate of drug-likeness (QED) is 0.854. The summed E-state index contributed by atoms with van der Waals surface area (Å²) < 4.78 is 15.9. The topological polar surface area (TPSA) is 47.7 Å². The second-order valence-corrected chi connectivity index (χ2v) is 4.94. The molecule has 0 saturated carbocycles. The molecule has 118 valence electrons. The van der Waals surface area contributed by atoms with Crippen LogP contribution in [0.3, 0.4) is 0 Å². The van der Waals surface area contributed by atoms with Gasteiger partial charge in [-0.05, 0) is 20.3 Å². The summed E-state index contributed by atoms with van der Waals surface area (Å²) in [5.74, 6) is 0. The number of rotatable bonds is 7. The average molecular weight is 316 g/mol. The van der Waals surface area contributed by atoms with Crippen molar-refractivity contribution < 1.29 is 4.39 Å². The molecule has 0 amide bonds. The van der Waals surface area contributed by atoms with Crippen molar-refractivity contribution in [2.75, 3.05) is 12.0 Å². The van der Waals surface area contributed by atoms with Crippen molar-refractivity contribution in [2.45, 2.75) is 46.8 Å². The summed E-state index contributed by atoms with van der Waals surface area (Å²) in [6.07, 6.45) is 5.00. The van der Waals surface area contributed by atoms with E-state index >= 15 is 0 Å². The van der Waals surface area contributed by atoms with Gasteiger partial charge >= 0.3 is 0 Å². The molecule has 2 rings (SSSR count). The van der Waals surface area contributed by atoms with Gasteiger partial charge < -0.3 is 5.32 Å². The maximum absolute atomic E-state index is 12.3. The monoisotopic (exact) mass is 315 g/mol. The number of hydrogen-bond acceptors (Lipinski definition) is 3. The molecule has 0 unspecified atom stereocenters. The molecule has 1 N–H and O–H groups in total. The summed E-state index contributed by atoms with van der Waals surface area (Å²) in [4.78, 5) is 0. The molecule has 0 atom stereocenters. The molecule has 7 heteroatoms. The van der Waals surface area contributed by atoms with E-state index < -0.39 is 6.67 Å². The smallest absolute Gasteiger partial charge is 0.109 e. The van der Waals surface area contributed by atoms with Gasteiger partial charge in [0.2, 0.25) is 0 Å². The summed E-state index contributed by atoms with van der Waals surface area (Å²) in [6, 6.07) is 0. The number of nitrogens with zero attached hydrogens (tertiary/aromatic N) is 4. The average Bonchev–Trinajstić information content (AvgIpc) is 2.91. The lowest BCUT2D eigenvalue weighted by Crippen LogP contribution is -2.00. The molecule has 2 aromatic heterocycles. The van der Waals surface area contributed by atoms with Gasteiger partial charge in [-0.25, -0.2) is 4.39 Å². The molecular formula is C14H23ClFN5. The minimum absolute atomic E-state index is 0. The molecule has 0 fully saturated rings. The predicted octanol–water partition coefficient (Wildman–Crippen LogP) is 3.11. The molecule has 0 spiro atoms. The van der Waals surface area contributed by atoms with Crippen LogP contribution in [-0.2, 0) is 19.6 Å². The molecule has 0 radical (unpaired) electrons. The van der Waals surface area contributed by atoms with Gasteiger partial charge in [-0.15, -0.1) is 12.4 Å². The van der Waals surface area contributed by atoms with Crippen molar-refractivity contribution >= 4 is 18.1 Å². The Balaban J connectivity index is 0.00000220. The highest BCUT2D eigenvalue weighted by Crippen LogP contribution is 2.15. The first kappa shape index (κ1) is 17.5. The van der Waals surface area contributed by atoms with Crippen molar-refractivity contribution in [1.29, 1.82) is 0 Å². The Morgan fingerprint density at radius 1 is 1.10 bits per heavy atom. The molecule has 2 aromatic rings. The molecule has 5 nitrogen and oxygen atoms in total. The van der Waals surface area contributed by atoms with Gasteiger partial charge in [0.15, 0.2) is 0 Å². The van der Waals surface area contributed by atoms with E-state index in [4.69, 9.17) is 0 Å². The van der Waals surface area contributed by atoms with Crippen LogP contribution in [-0.4, -0.2) is 26.2 Å². The Bertz CT molecular complexity index is 513. The summed E-state index contributed by atoms with van der Waals surface area (Å²) in [7, 11) is 0. The second kappa shape index (κ2) is 8.02. The van der Waals surface area contributed by atoms with Crippen molar-refractivity contribution in [3.05, 3.63) is 29.3 Å². The SMILES string of the molecule is CCCn1cc(CNc2cn(CCF)nc2C)c(C)n1.Cl. The molecule has 0 bridgehead atoms. The van der Waals surface area contributed by atoms with Crippen LogP contribution in [0.15, 0.2) is 12.4 Å². The minimum atomic E-state index is -0.399. The minimum Gasteiger partial charge on any atom is -0.378 e. The molecule has 0 aliphatic carbocycles. The number of halogens is 2. The Morgan fingerprint density at radius 2 is 1.76 bits per heavy atom. The normalized spacial score (nSPS) is 10.5. The van der Waals surface area contributed by atoms with Gasteiger partial charge in [0, 0.05) is 31.0 Å². The number of anilines is 1. The van der Waals surface area contributed by atoms with Crippen LogP contribution in [0.4, 0.5) is 10.1 Å². The van der Waals surface area contributed by atoms with Crippen molar-refractivity contribution in [1.82, 2.24) is 19.6 Å². The Hall–Kier alpha value is -1.56. The van der Waals surface area contributed by atoms with E-state index in [-0.39, 0.29) is 12.4 Å². The van der Waals surface area contributed by atoms with E-state index in [1.807, 2.05) is 24.7 Å². The van der Waals surface area contributed by atoms with Gasteiger partial charge in [-0.1, -0.05) is 6.92 Å². The van der Waals surface area contributed by atoms with Crippen LogP contribution in [0.1, 0.15) is 30.3 Å². The second-order valence-electron chi connectivity index (χ2n) is 4.94. The maximum Gasteiger partial charge on any atom is 0.109 e. The highest BCUT2D eigenvalue weighted by molar-refractivity contribution is 5.85. The van der Waals surface area contributed by atoms with Gasteiger partial charge in [-0.2, -0.15) is 10.2 Å². The first-order valence-electron chi connectivity index (χ1n) is 7.00. The zero-order valence-corrected chi connectivity index (χ0v) is 13.6. The fraction of sp³-hybridized carbons (Fsp3) is 0.571. The molecule has 0 aliphatic heterocycles. The highest BCUT2D eigenvalue weighted by atomic mass is 35.5. The van der Waals surface area contributed by atoms with Gasteiger partial charge in [-0.3, -0.25) is 9.36 Å². The van der Waals surface area contributed by atoms with Crippen molar-refractivity contribution in [3.63, 3.8) is 0 Å². The third-order valence-electron chi connectivity index (χ3n) is 3.23. The van der Waals surface area contributed by atoms with Crippen LogP contribution in [0, 0.1) is 13.8 Å². The van der Waals surface area contributed by atoms with Gasteiger partial charge in [0.25, 0.3) is 0 Å². The zero-order valence-electron chi connectivity index (χ0n) is 12.8. The highest BCUT2D eigenvalue weighted by Gasteiger charge is 2.07. The van der Waals surface area contributed by atoms with Crippen LogP contribution >= 0.6 is 12.4 Å². The fourth-order valence-electron chi connectivity index (χ4n) is 2.16. The van der Waals surface area contributed by atoms with Crippen LogP contribution in [0.5, 0.6) is 0 Å². The van der Waals surface area contributed by atoms with Crippen LogP contribution in [0.25, 0.3) is 0 Å². The first-order chi connectivity index (χ1) is 9.63. The lowest BCUT2D eigenvalue weighted by atomic mass is 10.2. The summed E-state index contributed by atoms with van der Waals surface area (Å²) in [5, 5.41) is 12.1. The lowest BCUT2D eigenvalue weighted by molar-refractivity contribution is 0.426. The van der Waals surface area contributed by atoms with Gasteiger partial charge in [0.05, 0.1) is 23.6 Å². The summed E-state index contributed by atoms with van der Waals surface area (Å²) >= 11 is 0. The van der Waals surface area contributed by atoms with Crippen LogP contribution < -0.4 is 5.32 Å². The largest absolute Gasteiger partial charge is 0.378 e. The van der Waals surface area contributed by atoms with Gasteiger partial charge in [0.1, 0.15) is 6.67 Å². The Morgan fingerprint density at radius 3 is 2.43 bits per heavy atom. The summed E-state index contributed by atoms with van der Waals surface area (Å²) in [6.45, 7) is 7.62. The first-order valence-corrected chi connectivity index (χ1v) is 7.00. The van der Waals surface area contributed by atoms with E-state index in [9.17, 15) is 4.39 Å². The molecular weight excluding hydrogens is 293 g/mol. The Labute approximate surface area is 130 Å². The number of aromatic nitrogens is 4. The number of alkyl halides is 1. The van der Waals surface area contributed by atoms with E-state index in [1.165, 1.54) is 5.56 Å². The molecule has 2 heterocycles. The zero-order chi connectivity index (χ0) is 14.5. The number of hydrogen-bond donors (Lipinski definition) is 1. The third-order valence-corrected chi connectivity index (χ3v) is 3.23.